The average molecular weight is 376 g/mol. The minimum Gasteiger partial charge on any atom is -0.360 e. The van der Waals surface area contributed by atoms with Crippen molar-refractivity contribution in [2.75, 3.05) is 0 Å². The number of nitrogens with zero attached hydrogens (tertiary/aromatic N) is 3. The van der Waals surface area contributed by atoms with E-state index in [0.29, 0.717) is 10.7 Å². The number of Topliss-reactive ketones (excluding diaryl/α,β-unsaturated/α-hetero) is 1. The van der Waals surface area contributed by atoms with Crippen LogP contribution in [-0.4, -0.2) is 25.5 Å². The number of fused-ring (bicyclic) bond motifs is 1. The molecule has 1 atom stereocenters. The van der Waals surface area contributed by atoms with Gasteiger partial charge in [-0.25, -0.2) is 0 Å². The third kappa shape index (κ3) is 3.28. The molecular weight excluding hydrogens is 356 g/mol. The van der Waals surface area contributed by atoms with Gasteiger partial charge >= 0.3 is 0 Å². The van der Waals surface area contributed by atoms with E-state index in [1.54, 1.807) is 6.33 Å². The van der Waals surface area contributed by atoms with Crippen molar-refractivity contribution in [3.8, 4) is 0 Å². The molecule has 2 aromatic carbocycles. The van der Waals surface area contributed by atoms with E-state index in [0.717, 1.165) is 22.9 Å². The number of ketones is 1. The quantitative estimate of drug-likeness (QED) is 0.395. The number of carbonyl (C=O) groups excluding carboxylic acids is 1. The van der Waals surface area contributed by atoms with E-state index in [1.807, 2.05) is 60.3 Å². The van der Waals surface area contributed by atoms with Gasteiger partial charge in [0.05, 0.1) is 0 Å². The van der Waals surface area contributed by atoms with Crippen molar-refractivity contribution in [2.24, 2.45) is 7.05 Å². The van der Waals surface area contributed by atoms with Crippen LogP contribution in [0.1, 0.15) is 33.7 Å². The molecule has 0 saturated carbocycles. The first-order valence-electron chi connectivity index (χ1n) is 8.87. The van der Waals surface area contributed by atoms with E-state index in [4.69, 9.17) is 0 Å². The molecule has 136 valence electrons. The molecule has 4 aromatic rings. The highest BCUT2D eigenvalue weighted by atomic mass is 32.2. The van der Waals surface area contributed by atoms with Crippen LogP contribution in [0.5, 0.6) is 0 Å². The van der Waals surface area contributed by atoms with Gasteiger partial charge in [0.25, 0.3) is 0 Å². The van der Waals surface area contributed by atoms with Crippen LogP contribution in [0, 0.1) is 0 Å². The number of aromatic nitrogens is 4. The molecule has 0 aliphatic rings. The highest BCUT2D eigenvalue weighted by Crippen LogP contribution is 2.38. The van der Waals surface area contributed by atoms with Crippen molar-refractivity contribution in [1.29, 1.82) is 0 Å². The Labute approximate surface area is 161 Å². The van der Waals surface area contributed by atoms with Crippen molar-refractivity contribution in [3.05, 3.63) is 77.7 Å². The zero-order valence-electron chi connectivity index (χ0n) is 15.2. The molecule has 0 amide bonds. The lowest BCUT2D eigenvalue weighted by Gasteiger charge is -2.15. The molecule has 27 heavy (non-hydrogen) atoms. The molecule has 0 saturated heterocycles. The molecule has 0 bridgehead atoms. The summed E-state index contributed by atoms with van der Waals surface area (Å²) in [4.78, 5) is 16.9. The normalized spacial score (nSPS) is 12.4. The molecule has 0 fully saturated rings. The summed E-state index contributed by atoms with van der Waals surface area (Å²) >= 11 is 1.43. The van der Waals surface area contributed by atoms with Crippen molar-refractivity contribution < 1.29 is 4.79 Å². The van der Waals surface area contributed by atoms with Crippen LogP contribution in [0.4, 0.5) is 0 Å². The second-order valence-electron chi connectivity index (χ2n) is 6.39. The SMILES string of the molecule is CCc1cccc2c(C(=O)[C@H](Sc3nncn3C)c3ccccc3)c[nH]c12. The number of nitrogens with one attached hydrogen (secondary N) is 1. The van der Waals surface area contributed by atoms with E-state index in [9.17, 15) is 4.79 Å². The van der Waals surface area contributed by atoms with Gasteiger partial charge in [0.15, 0.2) is 10.9 Å². The standard InChI is InChI=1S/C21H20N4OS/c1-3-14-10-7-11-16-17(12-22-18(14)16)19(26)20(15-8-5-4-6-9-15)27-21-24-23-13-25(21)2/h4-13,20,22H,3H2,1-2H3/t20-/m1/s1. The fourth-order valence-electron chi connectivity index (χ4n) is 3.24. The highest BCUT2D eigenvalue weighted by Gasteiger charge is 2.27. The summed E-state index contributed by atoms with van der Waals surface area (Å²) in [5.41, 5.74) is 3.92. The Hall–Kier alpha value is -2.86. The summed E-state index contributed by atoms with van der Waals surface area (Å²) in [6, 6.07) is 15.9. The summed E-state index contributed by atoms with van der Waals surface area (Å²) < 4.78 is 1.83. The van der Waals surface area contributed by atoms with Gasteiger partial charge in [0.1, 0.15) is 11.6 Å². The van der Waals surface area contributed by atoms with Crippen molar-refractivity contribution in [2.45, 2.75) is 23.8 Å². The van der Waals surface area contributed by atoms with E-state index in [-0.39, 0.29) is 5.78 Å². The number of para-hydroxylation sites is 1. The Bertz CT molecular complexity index is 1080. The smallest absolute Gasteiger partial charge is 0.191 e. The predicted molar refractivity (Wildman–Crippen MR) is 108 cm³/mol. The lowest BCUT2D eigenvalue weighted by atomic mass is 10.0. The molecule has 0 radical (unpaired) electrons. The molecule has 2 aromatic heterocycles. The molecule has 0 aliphatic heterocycles. The Morgan fingerprint density at radius 2 is 2.00 bits per heavy atom. The van der Waals surface area contributed by atoms with Crippen LogP contribution in [0.15, 0.2) is 66.2 Å². The summed E-state index contributed by atoms with van der Waals surface area (Å²) in [6.45, 7) is 2.12. The molecule has 4 rings (SSSR count). The molecule has 6 heteroatoms. The predicted octanol–water partition coefficient (Wildman–Crippen LogP) is 4.58. The second-order valence-corrected chi connectivity index (χ2v) is 7.47. The molecule has 2 heterocycles. The number of aromatic amines is 1. The Balaban J connectivity index is 1.78. The summed E-state index contributed by atoms with van der Waals surface area (Å²) in [5, 5.41) is 9.38. The number of benzene rings is 2. The number of H-pyrrole nitrogens is 1. The topological polar surface area (TPSA) is 63.6 Å². The van der Waals surface area contributed by atoms with Crippen LogP contribution in [-0.2, 0) is 13.5 Å². The maximum Gasteiger partial charge on any atom is 0.191 e. The van der Waals surface area contributed by atoms with E-state index in [2.05, 4.69) is 28.2 Å². The fraction of sp³-hybridized carbons (Fsp3) is 0.190. The maximum absolute atomic E-state index is 13.6. The maximum atomic E-state index is 13.6. The zero-order chi connectivity index (χ0) is 18.8. The Morgan fingerprint density at radius 3 is 2.70 bits per heavy atom. The highest BCUT2D eigenvalue weighted by molar-refractivity contribution is 8.00. The zero-order valence-corrected chi connectivity index (χ0v) is 16.0. The number of carbonyl (C=O) groups is 1. The first kappa shape index (κ1) is 17.5. The average Bonchev–Trinajstić information content (AvgIpc) is 3.32. The lowest BCUT2D eigenvalue weighted by molar-refractivity contribution is 0.0991. The summed E-state index contributed by atoms with van der Waals surface area (Å²) in [6.07, 6.45) is 4.40. The van der Waals surface area contributed by atoms with Gasteiger partial charge in [-0.1, -0.05) is 67.2 Å². The van der Waals surface area contributed by atoms with Crippen molar-refractivity contribution >= 4 is 28.4 Å². The molecule has 1 N–H and O–H groups in total. The molecule has 0 unspecified atom stereocenters. The van der Waals surface area contributed by atoms with Crippen LogP contribution in [0.25, 0.3) is 10.9 Å². The van der Waals surface area contributed by atoms with Crippen LogP contribution in [0.2, 0.25) is 0 Å². The summed E-state index contributed by atoms with van der Waals surface area (Å²) in [5.74, 6) is 0.0636. The van der Waals surface area contributed by atoms with E-state index in [1.165, 1.54) is 17.3 Å². The van der Waals surface area contributed by atoms with E-state index >= 15 is 0 Å². The minimum absolute atomic E-state index is 0.0636. The van der Waals surface area contributed by atoms with Crippen LogP contribution >= 0.6 is 11.8 Å². The van der Waals surface area contributed by atoms with Crippen molar-refractivity contribution in [1.82, 2.24) is 19.7 Å². The van der Waals surface area contributed by atoms with Crippen LogP contribution in [0.3, 0.4) is 0 Å². The van der Waals surface area contributed by atoms with Gasteiger partial charge in [-0.3, -0.25) is 4.79 Å². The first-order chi connectivity index (χ1) is 13.2. The van der Waals surface area contributed by atoms with Gasteiger partial charge in [0, 0.05) is 29.7 Å². The Kier molecular flexibility index (Phi) is 4.81. The third-order valence-electron chi connectivity index (χ3n) is 4.68. The van der Waals surface area contributed by atoms with Gasteiger partial charge < -0.3 is 9.55 Å². The van der Waals surface area contributed by atoms with Gasteiger partial charge in [-0.15, -0.1) is 10.2 Å². The minimum atomic E-state index is -0.390. The van der Waals surface area contributed by atoms with Gasteiger partial charge in [-0.2, -0.15) is 0 Å². The first-order valence-corrected chi connectivity index (χ1v) is 9.75. The fourth-order valence-corrected chi connectivity index (χ4v) is 4.29. The van der Waals surface area contributed by atoms with E-state index < -0.39 is 5.25 Å². The number of rotatable bonds is 6. The largest absolute Gasteiger partial charge is 0.360 e. The molecule has 0 aliphatic carbocycles. The van der Waals surface area contributed by atoms with Gasteiger partial charge in [0.2, 0.25) is 0 Å². The summed E-state index contributed by atoms with van der Waals surface area (Å²) in [7, 11) is 1.88. The number of hydrogen-bond donors (Lipinski definition) is 1. The monoisotopic (exact) mass is 376 g/mol. The molecule has 0 spiro atoms. The third-order valence-corrected chi connectivity index (χ3v) is 5.98. The number of hydrogen-bond acceptors (Lipinski definition) is 4. The van der Waals surface area contributed by atoms with Gasteiger partial charge in [-0.05, 0) is 17.5 Å². The molecule has 5 nitrogen and oxygen atoms in total. The molecular formula is C21H20N4OS. The number of aryl methyl sites for hydroxylation is 2. The number of thioether (sulfide) groups is 1. The van der Waals surface area contributed by atoms with Crippen LogP contribution < -0.4 is 0 Å². The lowest BCUT2D eigenvalue weighted by Crippen LogP contribution is -2.10. The van der Waals surface area contributed by atoms with Crippen molar-refractivity contribution in [3.63, 3.8) is 0 Å². The second kappa shape index (κ2) is 7.40. The Morgan fingerprint density at radius 1 is 1.19 bits per heavy atom.